The molecule has 1 heterocycles. The normalized spacial score (nSPS) is 21.5. The standard InChI is InChI=1S/C45H87NO12S/c1-3-5-7-9-11-13-14-15-16-17-18-19-20-21-22-23-24-26-27-29-31-33-38(48)37(46-44(52)39(49)34-32-30-28-25-12-10-8-6-4-2)36-56-45-42(51)43(58-59(53,54)55)41(50)40(35-47)57-45/h31,33,37-43,45,47-51H,3-30,32,34-36H2,1-2H3,(H,46,52)(H,53,54,55)/b33-31+. The third-order valence-corrected chi connectivity index (χ3v) is 11.9. The molecule has 0 aliphatic carbocycles. The maximum absolute atomic E-state index is 13.0. The van der Waals surface area contributed by atoms with Crippen LogP contribution in [0.25, 0.3) is 0 Å². The Bertz CT molecular complexity index is 1130. The van der Waals surface area contributed by atoms with Crippen molar-refractivity contribution in [2.45, 2.75) is 255 Å². The highest BCUT2D eigenvalue weighted by Crippen LogP contribution is 2.26. The van der Waals surface area contributed by atoms with Gasteiger partial charge >= 0.3 is 10.4 Å². The minimum absolute atomic E-state index is 0.246. The number of carbonyl (C=O) groups is 1. The highest BCUT2D eigenvalue weighted by molar-refractivity contribution is 7.80. The molecule has 0 aromatic carbocycles. The lowest BCUT2D eigenvalue weighted by Crippen LogP contribution is -2.61. The Labute approximate surface area is 358 Å². The summed E-state index contributed by atoms with van der Waals surface area (Å²) in [5, 5.41) is 55.1. The van der Waals surface area contributed by atoms with Gasteiger partial charge in [-0.3, -0.25) is 9.35 Å². The molecular weight excluding hydrogens is 779 g/mol. The topological polar surface area (TPSA) is 212 Å². The zero-order valence-electron chi connectivity index (χ0n) is 36.9. The van der Waals surface area contributed by atoms with Crippen molar-refractivity contribution in [2.75, 3.05) is 13.2 Å². The summed E-state index contributed by atoms with van der Waals surface area (Å²) in [7, 11) is -5.11. The van der Waals surface area contributed by atoms with Gasteiger partial charge in [0.05, 0.1) is 25.4 Å². The molecule has 14 heteroatoms. The molecule has 1 aliphatic heterocycles. The number of nitrogens with one attached hydrogen (secondary N) is 1. The Kier molecular flexibility index (Phi) is 34.3. The predicted molar refractivity (Wildman–Crippen MR) is 233 cm³/mol. The van der Waals surface area contributed by atoms with Crippen LogP contribution in [-0.4, -0.2) is 107 Å². The van der Waals surface area contributed by atoms with Gasteiger partial charge in [-0.05, 0) is 19.3 Å². The molecule has 0 aromatic rings. The molecule has 0 bridgehead atoms. The summed E-state index contributed by atoms with van der Waals surface area (Å²) in [6.07, 6.45) is 27.4. The van der Waals surface area contributed by atoms with Gasteiger partial charge in [0.15, 0.2) is 6.29 Å². The van der Waals surface area contributed by atoms with E-state index in [0.717, 1.165) is 38.5 Å². The molecule has 59 heavy (non-hydrogen) atoms. The van der Waals surface area contributed by atoms with Crippen LogP contribution < -0.4 is 5.32 Å². The minimum atomic E-state index is -5.11. The largest absolute Gasteiger partial charge is 0.397 e. The van der Waals surface area contributed by atoms with Crippen LogP contribution in [0.3, 0.4) is 0 Å². The molecule has 8 atom stereocenters. The van der Waals surface area contributed by atoms with Gasteiger partial charge in [-0.15, -0.1) is 0 Å². The fourth-order valence-corrected chi connectivity index (χ4v) is 8.15. The number of allylic oxidation sites excluding steroid dienone is 1. The van der Waals surface area contributed by atoms with E-state index in [0.29, 0.717) is 12.8 Å². The molecule has 0 saturated carbocycles. The molecule has 350 valence electrons. The highest BCUT2D eigenvalue weighted by atomic mass is 32.3. The van der Waals surface area contributed by atoms with Crippen molar-refractivity contribution < 1.29 is 57.0 Å². The average molecular weight is 866 g/mol. The number of ether oxygens (including phenoxy) is 2. The van der Waals surface area contributed by atoms with Crippen LogP contribution in [0.15, 0.2) is 12.2 Å². The van der Waals surface area contributed by atoms with Crippen molar-refractivity contribution in [2.24, 2.45) is 0 Å². The zero-order chi connectivity index (χ0) is 43.6. The van der Waals surface area contributed by atoms with Gasteiger partial charge in [0, 0.05) is 0 Å². The van der Waals surface area contributed by atoms with Gasteiger partial charge in [-0.25, -0.2) is 4.18 Å². The summed E-state index contributed by atoms with van der Waals surface area (Å²) in [6, 6.07) is -1.11. The minimum Gasteiger partial charge on any atom is -0.394 e. The van der Waals surface area contributed by atoms with Crippen molar-refractivity contribution in [1.82, 2.24) is 5.32 Å². The van der Waals surface area contributed by atoms with E-state index in [4.69, 9.17) is 14.0 Å². The Morgan fingerprint density at radius 1 is 0.678 bits per heavy atom. The fourth-order valence-electron chi connectivity index (χ4n) is 7.64. The monoisotopic (exact) mass is 866 g/mol. The number of hydrogen-bond donors (Lipinski definition) is 7. The molecule has 13 nitrogen and oxygen atoms in total. The number of aliphatic hydroxyl groups is 5. The molecule has 0 aromatic heterocycles. The van der Waals surface area contributed by atoms with E-state index >= 15 is 0 Å². The van der Waals surface area contributed by atoms with Gasteiger partial charge in [0.1, 0.15) is 30.5 Å². The molecular formula is C45H87NO12S. The molecule has 0 spiro atoms. The van der Waals surface area contributed by atoms with Crippen molar-refractivity contribution in [3.05, 3.63) is 12.2 Å². The molecule has 0 radical (unpaired) electrons. The van der Waals surface area contributed by atoms with Crippen molar-refractivity contribution >= 4 is 16.3 Å². The van der Waals surface area contributed by atoms with Crippen molar-refractivity contribution in [3.8, 4) is 0 Å². The Morgan fingerprint density at radius 3 is 1.53 bits per heavy atom. The van der Waals surface area contributed by atoms with Crippen LogP contribution >= 0.6 is 0 Å². The molecule has 1 aliphatic rings. The predicted octanol–water partition coefficient (Wildman–Crippen LogP) is 8.14. The Morgan fingerprint density at radius 2 is 1.10 bits per heavy atom. The third-order valence-electron chi connectivity index (χ3n) is 11.4. The number of aliphatic hydroxyl groups excluding tert-OH is 5. The fraction of sp³-hybridized carbons (Fsp3) is 0.933. The van der Waals surface area contributed by atoms with E-state index in [1.165, 1.54) is 135 Å². The molecule has 1 rings (SSSR count). The van der Waals surface area contributed by atoms with E-state index in [-0.39, 0.29) is 6.42 Å². The number of rotatable bonds is 40. The van der Waals surface area contributed by atoms with Gasteiger partial charge in [0.2, 0.25) is 5.91 Å². The first-order valence-electron chi connectivity index (χ1n) is 23.7. The lowest BCUT2D eigenvalue weighted by Gasteiger charge is -2.41. The van der Waals surface area contributed by atoms with Crippen LogP contribution in [-0.2, 0) is 28.9 Å². The first-order valence-corrected chi connectivity index (χ1v) is 25.0. The van der Waals surface area contributed by atoms with Crippen LogP contribution in [0.5, 0.6) is 0 Å². The van der Waals surface area contributed by atoms with Crippen LogP contribution in [0.1, 0.15) is 206 Å². The van der Waals surface area contributed by atoms with Gasteiger partial charge in [-0.2, -0.15) is 8.42 Å². The number of amides is 1. The zero-order valence-corrected chi connectivity index (χ0v) is 37.8. The van der Waals surface area contributed by atoms with Gasteiger partial charge < -0.3 is 40.3 Å². The number of unbranched alkanes of at least 4 members (excludes halogenated alkanes) is 27. The van der Waals surface area contributed by atoms with E-state index in [2.05, 4.69) is 23.3 Å². The maximum atomic E-state index is 13.0. The quantitative estimate of drug-likeness (QED) is 0.0177. The first kappa shape index (κ1) is 55.8. The first-order chi connectivity index (χ1) is 28.4. The molecule has 1 fully saturated rings. The number of hydrogen-bond acceptors (Lipinski definition) is 11. The van der Waals surface area contributed by atoms with Gasteiger partial charge in [0.25, 0.3) is 0 Å². The third kappa shape index (κ3) is 28.9. The lowest BCUT2D eigenvalue weighted by molar-refractivity contribution is -0.298. The Balaban J connectivity index is 2.51. The summed E-state index contributed by atoms with van der Waals surface area (Å²) in [5.74, 6) is -0.703. The van der Waals surface area contributed by atoms with E-state index in [1.807, 2.05) is 6.08 Å². The maximum Gasteiger partial charge on any atom is 0.397 e. The summed E-state index contributed by atoms with van der Waals surface area (Å²) >= 11 is 0. The molecule has 7 N–H and O–H groups in total. The summed E-state index contributed by atoms with van der Waals surface area (Å²) in [5.41, 5.74) is 0. The van der Waals surface area contributed by atoms with Crippen LogP contribution in [0.4, 0.5) is 0 Å². The SMILES string of the molecule is CCCCCCCCCCCCCCCCCCCCC/C=C/C(O)C(COC1OC(CO)C(O)C(OS(=O)(=O)O)C1O)NC(=O)C(O)CCCCCCCCCCC. The number of carbonyl (C=O) groups excluding carboxylic acids is 1. The molecule has 1 saturated heterocycles. The van der Waals surface area contributed by atoms with Crippen LogP contribution in [0, 0.1) is 0 Å². The Hall–Kier alpha value is -1.20. The second-order valence-electron chi connectivity index (χ2n) is 16.8. The molecule has 8 unspecified atom stereocenters. The van der Waals surface area contributed by atoms with E-state index in [9.17, 15) is 38.7 Å². The molecule has 1 amide bonds. The van der Waals surface area contributed by atoms with E-state index in [1.54, 1.807) is 6.08 Å². The summed E-state index contributed by atoms with van der Waals surface area (Å²) in [6.45, 7) is 3.19. The highest BCUT2D eigenvalue weighted by Gasteiger charge is 2.48. The van der Waals surface area contributed by atoms with Crippen molar-refractivity contribution in [3.63, 3.8) is 0 Å². The lowest BCUT2D eigenvalue weighted by atomic mass is 9.99. The van der Waals surface area contributed by atoms with Crippen molar-refractivity contribution in [1.29, 1.82) is 0 Å². The second-order valence-corrected chi connectivity index (χ2v) is 17.9. The summed E-state index contributed by atoms with van der Waals surface area (Å²) in [4.78, 5) is 13.0. The van der Waals surface area contributed by atoms with Gasteiger partial charge in [-0.1, -0.05) is 199 Å². The smallest absolute Gasteiger partial charge is 0.394 e. The second kappa shape index (κ2) is 36.3. The summed E-state index contributed by atoms with van der Waals surface area (Å²) < 4.78 is 47.4. The average Bonchev–Trinajstić information content (AvgIpc) is 3.20. The van der Waals surface area contributed by atoms with E-state index < -0.39 is 78.5 Å². The van der Waals surface area contributed by atoms with Crippen LogP contribution in [0.2, 0.25) is 0 Å².